The van der Waals surface area contributed by atoms with Gasteiger partial charge in [0.25, 0.3) is 5.91 Å². The molecule has 0 aliphatic carbocycles. The first-order valence-electron chi connectivity index (χ1n) is 5.30. The Morgan fingerprint density at radius 3 is 3.06 bits per heavy atom. The van der Waals surface area contributed by atoms with Gasteiger partial charge in [0, 0.05) is 11.8 Å². The van der Waals surface area contributed by atoms with E-state index in [1.54, 1.807) is 24.4 Å². The number of carbonyl (C=O) groups is 1. The van der Waals surface area contributed by atoms with E-state index in [1.807, 2.05) is 11.4 Å². The summed E-state index contributed by atoms with van der Waals surface area (Å²) in [6, 6.07) is 7.14. The van der Waals surface area contributed by atoms with Crippen molar-refractivity contribution in [2.24, 2.45) is 5.73 Å². The van der Waals surface area contributed by atoms with Crippen LogP contribution in [0, 0.1) is 11.8 Å². The Labute approximate surface area is 109 Å². The molecule has 90 valence electrons. The van der Waals surface area contributed by atoms with Crippen LogP contribution in [0.5, 0.6) is 0 Å². The van der Waals surface area contributed by atoms with E-state index in [0.717, 1.165) is 0 Å². The fourth-order valence-corrected chi connectivity index (χ4v) is 2.08. The zero-order chi connectivity index (χ0) is 12.8. The van der Waals surface area contributed by atoms with E-state index < -0.39 is 0 Å². The summed E-state index contributed by atoms with van der Waals surface area (Å²) in [7, 11) is 0. The maximum atomic E-state index is 12.0. The molecule has 1 amide bonds. The maximum absolute atomic E-state index is 12.0. The van der Waals surface area contributed by atoms with Gasteiger partial charge >= 0.3 is 0 Å². The van der Waals surface area contributed by atoms with Crippen LogP contribution in [0.1, 0.15) is 15.2 Å². The van der Waals surface area contributed by atoms with Gasteiger partial charge in [-0.2, -0.15) is 0 Å². The predicted octanol–water partition coefficient (Wildman–Crippen LogP) is 1.71. The molecule has 0 aromatic carbocycles. The Balaban J connectivity index is 2.17. The van der Waals surface area contributed by atoms with Crippen molar-refractivity contribution in [3.8, 4) is 11.8 Å². The highest BCUT2D eigenvalue weighted by Gasteiger charge is 2.12. The van der Waals surface area contributed by atoms with Crippen LogP contribution in [0.2, 0.25) is 0 Å². The second kappa shape index (κ2) is 5.96. The number of nitrogens with zero attached hydrogens (tertiary/aromatic N) is 1. The molecule has 0 aliphatic heterocycles. The average Bonchev–Trinajstić information content (AvgIpc) is 2.86. The molecule has 2 aromatic rings. The van der Waals surface area contributed by atoms with Crippen LogP contribution in [0.25, 0.3) is 0 Å². The number of nitrogens with one attached hydrogen (secondary N) is 1. The summed E-state index contributed by atoms with van der Waals surface area (Å²) in [5, 5.41) is 4.55. The van der Waals surface area contributed by atoms with Crippen LogP contribution < -0.4 is 11.1 Å². The molecule has 0 radical (unpaired) electrons. The zero-order valence-corrected chi connectivity index (χ0v) is 10.3. The van der Waals surface area contributed by atoms with Crippen LogP contribution in [0.3, 0.4) is 0 Å². The van der Waals surface area contributed by atoms with Gasteiger partial charge in [0.15, 0.2) is 0 Å². The average molecular weight is 257 g/mol. The molecule has 0 saturated heterocycles. The lowest BCUT2D eigenvalue weighted by Gasteiger charge is -2.02. The summed E-state index contributed by atoms with van der Waals surface area (Å²) in [6.45, 7) is 0.275. The van der Waals surface area contributed by atoms with Crippen LogP contribution in [-0.4, -0.2) is 17.4 Å². The Bertz CT molecular complexity index is 595. The minimum Gasteiger partial charge on any atom is -0.320 e. The molecule has 0 unspecified atom stereocenters. The van der Waals surface area contributed by atoms with Gasteiger partial charge in [0.2, 0.25) is 0 Å². The molecule has 0 atom stereocenters. The third kappa shape index (κ3) is 2.94. The lowest BCUT2D eigenvalue weighted by atomic mass is 10.2. The van der Waals surface area contributed by atoms with E-state index in [0.29, 0.717) is 16.3 Å². The van der Waals surface area contributed by atoms with E-state index in [-0.39, 0.29) is 12.5 Å². The molecule has 0 aliphatic rings. The molecule has 5 heteroatoms. The molecular formula is C13H11N3OS. The fraction of sp³-hybridized carbons (Fsp3) is 0.0769. The van der Waals surface area contributed by atoms with Crippen LogP contribution in [0.15, 0.2) is 35.8 Å². The van der Waals surface area contributed by atoms with Crippen molar-refractivity contribution in [3.05, 3.63) is 46.3 Å². The van der Waals surface area contributed by atoms with Crippen LogP contribution in [-0.2, 0) is 0 Å². The molecule has 2 rings (SSSR count). The van der Waals surface area contributed by atoms with Gasteiger partial charge in [-0.15, -0.1) is 11.3 Å². The lowest BCUT2D eigenvalue weighted by molar-refractivity contribution is 0.103. The standard InChI is InChI=1S/C13H11N3OS/c14-7-3-4-10-6-9-18-12(10)13(17)16-11-5-1-2-8-15-11/h1-2,5-6,8-9H,7,14H2,(H,15,16,17). The Hall–Kier alpha value is -2.16. The Morgan fingerprint density at radius 1 is 1.44 bits per heavy atom. The molecule has 0 bridgehead atoms. The van der Waals surface area contributed by atoms with Crippen molar-refractivity contribution in [2.75, 3.05) is 11.9 Å². The number of aromatic nitrogens is 1. The molecular weight excluding hydrogens is 246 g/mol. The number of pyridine rings is 1. The Kier molecular flexibility index (Phi) is 4.07. The van der Waals surface area contributed by atoms with E-state index in [9.17, 15) is 4.79 Å². The number of hydrogen-bond donors (Lipinski definition) is 2. The summed E-state index contributed by atoms with van der Waals surface area (Å²) in [6.07, 6.45) is 1.62. The second-order valence-electron chi connectivity index (χ2n) is 3.34. The minimum atomic E-state index is -0.204. The van der Waals surface area contributed by atoms with Gasteiger partial charge < -0.3 is 11.1 Å². The summed E-state index contributed by atoms with van der Waals surface area (Å²) >= 11 is 1.34. The molecule has 0 fully saturated rings. The van der Waals surface area contributed by atoms with Gasteiger partial charge in [-0.05, 0) is 23.6 Å². The molecule has 18 heavy (non-hydrogen) atoms. The van der Waals surface area contributed by atoms with E-state index in [1.165, 1.54) is 11.3 Å². The highest BCUT2D eigenvalue weighted by Crippen LogP contribution is 2.17. The Morgan fingerprint density at radius 2 is 2.33 bits per heavy atom. The largest absolute Gasteiger partial charge is 0.320 e. The molecule has 4 nitrogen and oxygen atoms in total. The summed E-state index contributed by atoms with van der Waals surface area (Å²) in [5.74, 6) is 5.93. The molecule has 2 aromatic heterocycles. The molecule has 2 heterocycles. The lowest BCUT2D eigenvalue weighted by Crippen LogP contribution is -2.12. The van der Waals surface area contributed by atoms with E-state index in [2.05, 4.69) is 22.1 Å². The number of carbonyl (C=O) groups excluding carboxylic acids is 1. The smallest absolute Gasteiger partial charge is 0.268 e. The first-order valence-corrected chi connectivity index (χ1v) is 6.18. The molecule has 0 spiro atoms. The van der Waals surface area contributed by atoms with Crippen molar-refractivity contribution < 1.29 is 4.79 Å². The summed E-state index contributed by atoms with van der Waals surface area (Å²) < 4.78 is 0. The quantitative estimate of drug-likeness (QED) is 0.805. The second-order valence-corrected chi connectivity index (χ2v) is 4.25. The van der Waals surface area contributed by atoms with Crippen LogP contribution in [0.4, 0.5) is 5.82 Å². The van der Waals surface area contributed by atoms with Crippen molar-refractivity contribution in [1.29, 1.82) is 0 Å². The predicted molar refractivity (Wildman–Crippen MR) is 72.4 cm³/mol. The number of thiophene rings is 1. The first kappa shape index (κ1) is 12.3. The highest BCUT2D eigenvalue weighted by molar-refractivity contribution is 7.12. The van der Waals surface area contributed by atoms with Crippen LogP contribution >= 0.6 is 11.3 Å². The molecule has 3 N–H and O–H groups in total. The topological polar surface area (TPSA) is 68.0 Å². The number of anilines is 1. The number of nitrogens with two attached hydrogens (primary N) is 1. The summed E-state index contributed by atoms with van der Waals surface area (Å²) in [5.41, 5.74) is 6.01. The maximum Gasteiger partial charge on any atom is 0.268 e. The number of amides is 1. The zero-order valence-electron chi connectivity index (χ0n) is 9.51. The van der Waals surface area contributed by atoms with Gasteiger partial charge in [-0.1, -0.05) is 17.9 Å². The molecule has 0 saturated carbocycles. The minimum absolute atomic E-state index is 0.204. The third-order valence-corrected chi connectivity index (χ3v) is 3.02. The van der Waals surface area contributed by atoms with Crippen molar-refractivity contribution >= 4 is 23.1 Å². The summed E-state index contributed by atoms with van der Waals surface area (Å²) in [4.78, 5) is 16.6. The SMILES string of the molecule is NCC#Cc1ccsc1C(=O)Nc1ccccn1. The van der Waals surface area contributed by atoms with Gasteiger partial charge in [-0.3, -0.25) is 4.79 Å². The highest BCUT2D eigenvalue weighted by atomic mass is 32.1. The number of hydrogen-bond acceptors (Lipinski definition) is 4. The van der Waals surface area contributed by atoms with Gasteiger partial charge in [0.1, 0.15) is 10.7 Å². The van der Waals surface area contributed by atoms with Gasteiger partial charge in [0.05, 0.1) is 6.54 Å². The number of rotatable bonds is 2. The van der Waals surface area contributed by atoms with Crippen molar-refractivity contribution in [1.82, 2.24) is 4.98 Å². The van der Waals surface area contributed by atoms with Crippen molar-refractivity contribution in [2.45, 2.75) is 0 Å². The fourth-order valence-electron chi connectivity index (χ4n) is 1.34. The normalized spacial score (nSPS) is 9.39. The third-order valence-electron chi connectivity index (χ3n) is 2.10. The van der Waals surface area contributed by atoms with Gasteiger partial charge in [-0.25, -0.2) is 4.98 Å². The monoisotopic (exact) mass is 257 g/mol. The first-order chi connectivity index (χ1) is 8.81. The van der Waals surface area contributed by atoms with Crippen molar-refractivity contribution in [3.63, 3.8) is 0 Å². The van der Waals surface area contributed by atoms with E-state index >= 15 is 0 Å². The van der Waals surface area contributed by atoms with E-state index in [4.69, 9.17) is 5.73 Å².